The molecule has 0 aliphatic carbocycles. The summed E-state index contributed by atoms with van der Waals surface area (Å²) >= 11 is 8.18. The molecule has 5 aromatic rings. The molecule has 2 amide bonds. The summed E-state index contributed by atoms with van der Waals surface area (Å²) in [5.74, 6) is 0.0218. The number of aromatic nitrogens is 1. The molecule has 0 radical (unpaired) electrons. The Morgan fingerprint density at radius 1 is 1.03 bits per heavy atom. The zero-order valence-electron chi connectivity index (χ0n) is 34.7. The first kappa shape index (κ1) is 44.8. The topological polar surface area (TPSA) is 154 Å². The van der Waals surface area contributed by atoms with Crippen molar-refractivity contribution >= 4 is 65.5 Å². The van der Waals surface area contributed by atoms with Crippen molar-refractivity contribution in [3.05, 3.63) is 104 Å². The van der Waals surface area contributed by atoms with E-state index in [4.69, 9.17) is 25.5 Å². The number of ether oxygens (including phenoxy) is 2. The van der Waals surface area contributed by atoms with Crippen LogP contribution in [0.4, 0.5) is 20.6 Å². The van der Waals surface area contributed by atoms with Gasteiger partial charge in [-0.05, 0) is 83.9 Å². The average molecular weight is 879 g/mol. The number of carbonyl (C=O) groups excluding carboxylic acids is 2. The van der Waals surface area contributed by atoms with Gasteiger partial charge in [-0.2, -0.15) is 0 Å². The quantitative estimate of drug-likeness (QED) is 0.0647. The van der Waals surface area contributed by atoms with Gasteiger partial charge in [0.15, 0.2) is 8.32 Å². The second kappa shape index (κ2) is 19.3. The van der Waals surface area contributed by atoms with E-state index in [2.05, 4.69) is 59.7 Å². The highest BCUT2D eigenvalue weighted by Crippen LogP contribution is 2.41. The minimum absolute atomic E-state index is 0.0129. The molecule has 3 aromatic carbocycles. The molecule has 6 rings (SSSR count). The number of fused-ring (bicyclic) bond motifs is 1. The number of H-pyrrole nitrogens is 1. The van der Waals surface area contributed by atoms with Crippen LogP contribution in [0, 0.1) is 5.82 Å². The predicted octanol–water partition coefficient (Wildman–Crippen LogP) is 9.66. The molecule has 0 bridgehead atoms. The van der Waals surface area contributed by atoms with Crippen LogP contribution in [0.3, 0.4) is 0 Å². The van der Waals surface area contributed by atoms with E-state index < -0.39 is 20.5 Å². The third kappa shape index (κ3) is 11.1. The number of halogens is 2. The summed E-state index contributed by atoms with van der Waals surface area (Å²) < 4.78 is 31.8. The number of hydrogen-bond acceptors (Lipinski definition) is 10. The molecular weight excluding hydrogens is 825 g/mol. The van der Waals surface area contributed by atoms with Crippen molar-refractivity contribution < 1.29 is 33.0 Å². The van der Waals surface area contributed by atoms with Gasteiger partial charge in [-0.25, -0.2) is 9.18 Å². The lowest BCUT2D eigenvalue weighted by Crippen LogP contribution is -2.43. The smallest absolute Gasteiger partial charge is 0.411 e. The van der Waals surface area contributed by atoms with Gasteiger partial charge in [-0.1, -0.05) is 50.6 Å². The summed E-state index contributed by atoms with van der Waals surface area (Å²) in [5.41, 5.74) is 3.55. The Balaban J connectivity index is 1.00. The third-order valence-electron chi connectivity index (χ3n) is 11.3. The van der Waals surface area contributed by atoms with Gasteiger partial charge in [-0.3, -0.25) is 14.9 Å². The fraction of sp³-hybridized carbons (Fsp3) is 0.386. The Hall–Kier alpha value is -4.77. The Kier molecular flexibility index (Phi) is 14.4. The van der Waals surface area contributed by atoms with Crippen molar-refractivity contribution in [1.29, 1.82) is 0 Å². The van der Waals surface area contributed by atoms with Gasteiger partial charge < -0.3 is 39.5 Å². The number of carbonyl (C=O) groups is 2. The molecule has 16 heteroatoms. The molecule has 2 aromatic heterocycles. The van der Waals surface area contributed by atoms with Crippen LogP contribution in [0.25, 0.3) is 21.3 Å². The number of thiophene rings is 1. The Labute approximate surface area is 359 Å². The summed E-state index contributed by atoms with van der Waals surface area (Å²) in [6, 6.07) is 18.0. The zero-order chi connectivity index (χ0) is 43.2. The SMILES string of the molecule is COc1cc(NC(=O)CCN2CCC(OC(=O)Nc3ccsc3-c3ccc(F)cc3)CC2)c(Cl)cc1CNC[C@@H](O[Si](C)(C)C(C)(C)C)c1ccc(O)c2[nH]c(=O)ccc12. The molecule has 1 fully saturated rings. The number of piperidine rings is 1. The Morgan fingerprint density at radius 2 is 1.77 bits per heavy atom. The minimum atomic E-state index is -2.28. The first-order valence-corrected chi connectivity index (χ1v) is 24.1. The number of aromatic amines is 1. The summed E-state index contributed by atoms with van der Waals surface area (Å²) in [6.07, 6.45) is 0.323. The molecule has 0 unspecified atom stereocenters. The Morgan fingerprint density at radius 3 is 2.47 bits per heavy atom. The number of nitrogens with one attached hydrogen (secondary N) is 4. The molecule has 1 aliphatic rings. The number of amides is 2. The molecule has 1 aliphatic heterocycles. The number of rotatable bonds is 15. The van der Waals surface area contributed by atoms with E-state index in [1.54, 1.807) is 49.6 Å². The number of benzene rings is 3. The number of nitrogens with zero attached hydrogens (tertiary/aromatic N) is 1. The summed E-state index contributed by atoms with van der Waals surface area (Å²) in [6.45, 7) is 13.6. The number of aromatic hydroxyl groups is 1. The van der Waals surface area contributed by atoms with Crippen LogP contribution in [0.5, 0.6) is 11.5 Å². The monoisotopic (exact) mass is 877 g/mol. The van der Waals surface area contributed by atoms with Crippen LogP contribution >= 0.6 is 22.9 Å². The fourth-order valence-electron chi connectivity index (χ4n) is 6.89. The van der Waals surface area contributed by atoms with Gasteiger partial charge in [0.05, 0.1) is 40.0 Å². The highest BCUT2D eigenvalue weighted by Gasteiger charge is 2.40. The standard InChI is InChI=1S/C44H53ClFN5O7SSi/c1-44(2,3)60(5,6)58-38(31-11-13-36(52)41-32(31)12-14-39(53)50-41)26-47-25-28-23-33(45)35(24-37(28)56-4)48-40(54)17-21-51-19-15-30(16-20-51)57-43(55)49-34-18-22-59-42(34)27-7-9-29(46)10-8-27/h7-14,18,22-24,30,38,47,52H,15-17,19-21,25-26H2,1-6H3,(H,48,54)(H,49,55)(H,50,53)/t38-/m1/s1. The number of phenols is 1. The van der Waals surface area contributed by atoms with Gasteiger partial charge in [0, 0.05) is 62.2 Å². The summed E-state index contributed by atoms with van der Waals surface area (Å²) in [7, 11) is -0.718. The van der Waals surface area contributed by atoms with E-state index >= 15 is 0 Å². The van der Waals surface area contributed by atoms with E-state index in [1.807, 2.05) is 11.4 Å². The van der Waals surface area contributed by atoms with Crippen LogP contribution in [-0.2, 0) is 20.5 Å². The third-order valence-corrected chi connectivity index (χ3v) is 17.0. The molecule has 320 valence electrons. The van der Waals surface area contributed by atoms with Crippen molar-refractivity contribution in [2.45, 2.75) is 76.9 Å². The molecule has 60 heavy (non-hydrogen) atoms. The summed E-state index contributed by atoms with van der Waals surface area (Å²) in [5, 5.41) is 22.7. The van der Waals surface area contributed by atoms with Gasteiger partial charge in [0.1, 0.15) is 23.4 Å². The second-order valence-corrected chi connectivity index (χ2v) is 22.5. The van der Waals surface area contributed by atoms with Crippen molar-refractivity contribution in [3.63, 3.8) is 0 Å². The molecule has 5 N–H and O–H groups in total. The van der Waals surface area contributed by atoms with Crippen molar-refractivity contribution in [3.8, 4) is 21.9 Å². The van der Waals surface area contributed by atoms with E-state index in [9.17, 15) is 23.9 Å². The lowest BCUT2D eigenvalue weighted by molar-refractivity contribution is -0.116. The number of likely N-dealkylation sites (tertiary alicyclic amines) is 1. The first-order chi connectivity index (χ1) is 28.5. The average Bonchev–Trinajstić information content (AvgIpc) is 3.66. The molecule has 12 nitrogen and oxygen atoms in total. The minimum Gasteiger partial charge on any atom is -0.506 e. The maximum atomic E-state index is 13.4. The number of pyridine rings is 1. The van der Waals surface area contributed by atoms with Crippen LogP contribution < -0.4 is 26.2 Å². The van der Waals surface area contributed by atoms with Crippen molar-refractivity contribution in [1.82, 2.24) is 15.2 Å². The van der Waals surface area contributed by atoms with Gasteiger partial charge >= 0.3 is 6.09 Å². The van der Waals surface area contributed by atoms with Gasteiger partial charge in [-0.15, -0.1) is 11.3 Å². The number of phenolic OH excluding ortho intramolecular Hbond substituents is 1. The normalized spacial score (nSPS) is 14.5. The van der Waals surface area contributed by atoms with E-state index in [1.165, 1.54) is 29.5 Å². The van der Waals surface area contributed by atoms with Crippen LogP contribution in [-0.4, -0.2) is 74.7 Å². The lowest BCUT2D eigenvalue weighted by atomic mass is 10.0. The summed E-state index contributed by atoms with van der Waals surface area (Å²) in [4.78, 5) is 43.7. The van der Waals surface area contributed by atoms with Crippen LogP contribution in [0.2, 0.25) is 23.2 Å². The largest absolute Gasteiger partial charge is 0.506 e. The molecular formula is C44H53ClFN5O7SSi. The number of anilines is 2. The maximum absolute atomic E-state index is 13.4. The highest BCUT2D eigenvalue weighted by atomic mass is 35.5. The lowest BCUT2D eigenvalue weighted by Gasteiger charge is -2.39. The van der Waals surface area contributed by atoms with Gasteiger partial charge in [0.25, 0.3) is 0 Å². The maximum Gasteiger partial charge on any atom is 0.411 e. The van der Waals surface area contributed by atoms with E-state index in [-0.39, 0.29) is 40.6 Å². The van der Waals surface area contributed by atoms with Crippen molar-refractivity contribution in [2.75, 3.05) is 43.9 Å². The molecule has 3 heterocycles. The van der Waals surface area contributed by atoms with E-state index in [0.29, 0.717) is 78.6 Å². The van der Waals surface area contributed by atoms with Crippen LogP contribution in [0.15, 0.2) is 76.9 Å². The number of hydrogen-bond donors (Lipinski definition) is 5. The number of methoxy groups -OCH3 is 1. The highest BCUT2D eigenvalue weighted by molar-refractivity contribution is 7.14. The van der Waals surface area contributed by atoms with Gasteiger partial charge in [0.2, 0.25) is 11.5 Å². The zero-order valence-corrected chi connectivity index (χ0v) is 37.3. The fourth-order valence-corrected chi connectivity index (χ4v) is 9.26. The Bertz CT molecular complexity index is 2360. The first-order valence-electron chi connectivity index (χ1n) is 19.9. The second-order valence-electron chi connectivity index (χ2n) is 16.5. The predicted molar refractivity (Wildman–Crippen MR) is 239 cm³/mol. The van der Waals surface area contributed by atoms with E-state index in [0.717, 1.165) is 21.6 Å². The molecule has 1 saturated heterocycles. The molecule has 0 saturated carbocycles. The van der Waals surface area contributed by atoms with Crippen LogP contribution in [0.1, 0.15) is 57.3 Å². The molecule has 1 atom stereocenters. The van der Waals surface area contributed by atoms with Crippen molar-refractivity contribution in [2.24, 2.45) is 0 Å². The molecule has 0 spiro atoms.